The number of nitrogens with zero attached hydrogens (tertiary/aromatic N) is 7. The Morgan fingerprint density at radius 2 is 1.61 bits per heavy atom. The van der Waals surface area contributed by atoms with Crippen molar-refractivity contribution in [3.63, 3.8) is 0 Å². The Morgan fingerprint density at radius 3 is 2.22 bits per heavy atom. The number of amides is 1. The van der Waals surface area contributed by atoms with Crippen LogP contribution < -0.4 is 15.8 Å². The van der Waals surface area contributed by atoms with Crippen molar-refractivity contribution >= 4 is 40.4 Å². The van der Waals surface area contributed by atoms with Gasteiger partial charge in [-0.1, -0.05) is 12.8 Å². The van der Waals surface area contributed by atoms with E-state index in [9.17, 15) is 14.4 Å². The number of rotatable bonds is 6. The van der Waals surface area contributed by atoms with E-state index in [1.165, 1.54) is 6.92 Å². The van der Waals surface area contributed by atoms with Crippen LogP contribution in [0.5, 0.6) is 0 Å². The molecule has 3 aromatic heterocycles. The Bertz CT molecular complexity index is 1640. The van der Waals surface area contributed by atoms with Crippen molar-refractivity contribution in [3.8, 4) is 0 Å². The van der Waals surface area contributed by atoms with Gasteiger partial charge >= 0.3 is 6.09 Å². The van der Waals surface area contributed by atoms with Gasteiger partial charge in [-0.05, 0) is 78.0 Å². The van der Waals surface area contributed by atoms with Crippen LogP contribution in [0.2, 0.25) is 0 Å². The van der Waals surface area contributed by atoms with Gasteiger partial charge in [0.2, 0.25) is 5.95 Å². The molecule has 3 aromatic rings. The molecule has 1 N–H and O–H groups in total. The molecule has 3 aliphatic rings. The molecule has 1 amide bonds. The van der Waals surface area contributed by atoms with E-state index in [0.29, 0.717) is 42.1 Å². The minimum Gasteiger partial charge on any atom is -0.444 e. The number of anilines is 3. The average Bonchev–Trinajstić information content (AvgIpc) is 3.55. The van der Waals surface area contributed by atoms with E-state index in [4.69, 9.17) is 9.72 Å². The first kappa shape index (κ1) is 31.9. The largest absolute Gasteiger partial charge is 0.444 e. The average molecular weight is 631 g/mol. The third kappa shape index (κ3) is 6.72. The zero-order chi connectivity index (χ0) is 32.6. The van der Waals surface area contributed by atoms with Crippen molar-refractivity contribution in [2.75, 3.05) is 49.5 Å². The van der Waals surface area contributed by atoms with E-state index in [1.54, 1.807) is 17.7 Å². The van der Waals surface area contributed by atoms with Crippen LogP contribution in [0.4, 0.5) is 22.2 Å². The Morgan fingerprint density at radius 1 is 0.913 bits per heavy atom. The molecule has 1 aliphatic carbocycles. The predicted molar refractivity (Wildman–Crippen MR) is 178 cm³/mol. The standard InChI is InChI=1S/C34H46N8O4/c1-22-27-21-36-32(38-30(27)42(25-8-6-7-9-25)31(44)29(22)23(2)43)37-28-11-10-26(20-35-28)39-14-12-24(13-15-39)40-16-18-41(19-17-40)33(45)46-34(3,4)5/h10-11,20-21,24-25H,6-9,12-19H2,1-5H3,(H,35,36,37,38). The molecular weight excluding hydrogens is 584 g/mol. The van der Waals surface area contributed by atoms with Gasteiger partial charge in [-0.2, -0.15) is 4.98 Å². The Hall–Kier alpha value is -4.06. The summed E-state index contributed by atoms with van der Waals surface area (Å²) in [5.41, 5.74) is 1.75. The summed E-state index contributed by atoms with van der Waals surface area (Å²) in [5, 5.41) is 3.94. The summed E-state index contributed by atoms with van der Waals surface area (Å²) in [5.74, 6) is 0.749. The number of ether oxygens (including phenoxy) is 1. The van der Waals surface area contributed by atoms with E-state index in [1.807, 2.05) is 37.9 Å². The van der Waals surface area contributed by atoms with Crippen molar-refractivity contribution in [2.24, 2.45) is 0 Å². The molecule has 12 nitrogen and oxygen atoms in total. The fourth-order valence-corrected chi connectivity index (χ4v) is 7.16. The second-order valence-corrected chi connectivity index (χ2v) is 13.8. The van der Waals surface area contributed by atoms with Crippen molar-refractivity contribution in [1.82, 2.24) is 29.3 Å². The molecule has 246 valence electrons. The number of fused-ring (bicyclic) bond motifs is 1. The van der Waals surface area contributed by atoms with Gasteiger partial charge in [-0.15, -0.1) is 0 Å². The van der Waals surface area contributed by atoms with Crippen molar-refractivity contribution in [3.05, 3.63) is 46.0 Å². The van der Waals surface area contributed by atoms with Gasteiger partial charge < -0.3 is 19.9 Å². The van der Waals surface area contributed by atoms with Crippen LogP contribution in [0.25, 0.3) is 11.0 Å². The number of ketones is 1. The minimum atomic E-state index is -0.475. The highest BCUT2D eigenvalue weighted by Crippen LogP contribution is 2.32. The fraction of sp³-hybridized carbons (Fsp3) is 0.588. The van der Waals surface area contributed by atoms with Gasteiger partial charge in [0.15, 0.2) is 5.78 Å². The molecule has 5 heterocycles. The Kier molecular flexibility index (Phi) is 9.00. The van der Waals surface area contributed by atoms with E-state index in [-0.39, 0.29) is 29.0 Å². The number of Topliss-reactive ketones (excluding diaryl/α,β-unsaturated/α-hetero) is 1. The van der Waals surface area contributed by atoms with Crippen molar-refractivity contribution in [1.29, 1.82) is 0 Å². The van der Waals surface area contributed by atoms with Gasteiger partial charge in [-0.3, -0.25) is 19.1 Å². The molecular formula is C34H46N8O4. The molecule has 2 aliphatic heterocycles. The lowest BCUT2D eigenvalue weighted by Crippen LogP contribution is -2.55. The number of pyridine rings is 2. The topological polar surface area (TPSA) is 126 Å². The van der Waals surface area contributed by atoms with Crippen LogP contribution in [0.15, 0.2) is 29.3 Å². The molecule has 3 fully saturated rings. The number of carbonyl (C=O) groups is 2. The van der Waals surface area contributed by atoms with Crippen LogP contribution >= 0.6 is 0 Å². The zero-order valence-corrected chi connectivity index (χ0v) is 27.7. The minimum absolute atomic E-state index is 0.0276. The number of hydrogen-bond donors (Lipinski definition) is 1. The summed E-state index contributed by atoms with van der Waals surface area (Å²) in [7, 11) is 0. The first-order chi connectivity index (χ1) is 22.0. The maximum absolute atomic E-state index is 13.5. The van der Waals surface area contributed by atoms with E-state index in [0.717, 1.165) is 75.8 Å². The number of aromatic nitrogens is 4. The van der Waals surface area contributed by atoms with Crippen LogP contribution in [0.3, 0.4) is 0 Å². The van der Waals surface area contributed by atoms with Crippen LogP contribution in [-0.4, -0.2) is 92.1 Å². The number of nitrogens with one attached hydrogen (secondary N) is 1. The predicted octanol–water partition coefficient (Wildman–Crippen LogP) is 5.08. The molecule has 46 heavy (non-hydrogen) atoms. The lowest BCUT2D eigenvalue weighted by Gasteiger charge is -2.43. The van der Waals surface area contributed by atoms with Gasteiger partial charge in [0.05, 0.1) is 17.4 Å². The highest BCUT2D eigenvalue weighted by molar-refractivity contribution is 5.99. The smallest absolute Gasteiger partial charge is 0.410 e. The third-order valence-corrected chi connectivity index (χ3v) is 9.55. The second-order valence-electron chi connectivity index (χ2n) is 13.8. The number of piperidine rings is 1. The highest BCUT2D eigenvalue weighted by Gasteiger charge is 2.31. The Balaban J connectivity index is 1.08. The summed E-state index contributed by atoms with van der Waals surface area (Å²) in [6.07, 6.45) is 9.38. The molecule has 2 saturated heterocycles. The van der Waals surface area contributed by atoms with E-state index >= 15 is 0 Å². The van der Waals surface area contributed by atoms with E-state index in [2.05, 4.69) is 31.2 Å². The summed E-state index contributed by atoms with van der Waals surface area (Å²) in [4.78, 5) is 59.0. The molecule has 12 heteroatoms. The van der Waals surface area contributed by atoms with Gasteiger partial charge in [0.25, 0.3) is 5.56 Å². The van der Waals surface area contributed by atoms with Crippen LogP contribution in [-0.2, 0) is 4.74 Å². The number of aryl methyl sites for hydroxylation is 1. The lowest BCUT2D eigenvalue weighted by atomic mass is 10.0. The fourth-order valence-electron chi connectivity index (χ4n) is 7.16. The molecule has 0 aromatic carbocycles. The Labute approximate surface area is 270 Å². The van der Waals surface area contributed by atoms with Crippen molar-refractivity contribution in [2.45, 2.75) is 90.8 Å². The monoisotopic (exact) mass is 630 g/mol. The third-order valence-electron chi connectivity index (χ3n) is 9.55. The molecule has 0 bridgehead atoms. The number of hydrogen-bond acceptors (Lipinski definition) is 10. The van der Waals surface area contributed by atoms with Gasteiger partial charge in [-0.25, -0.2) is 14.8 Å². The summed E-state index contributed by atoms with van der Waals surface area (Å²) in [6.45, 7) is 14.0. The highest BCUT2D eigenvalue weighted by atomic mass is 16.6. The maximum Gasteiger partial charge on any atom is 0.410 e. The molecule has 1 saturated carbocycles. The molecule has 0 atom stereocenters. The summed E-state index contributed by atoms with van der Waals surface area (Å²) >= 11 is 0. The quantitative estimate of drug-likeness (QED) is 0.369. The van der Waals surface area contributed by atoms with Crippen LogP contribution in [0.1, 0.15) is 88.2 Å². The number of carbonyl (C=O) groups excluding carboxylic acids is 2. The normalized spacial score (nSPS) is 18.7. The second kappa shape index (κ2) is 13.0. The molecule has 0 unspecified atom stereocenters. The lowest BCUT2D eigenvalue weighted by molar-refractivity contribution is 0.00901. The van der Waals surface area contributed by atoms with Gasteiger partial charge in [0, 0.05) is 62.9 Å². The van der Waals surface area contributed by atoms with E-state index < -0.39 is 5.60 Å². The molecule has 0 radical (unpaired) electrons. The SMILES string of the molecule is CC(=O)c1c(C)c2cnc(Nc3ccc(N4CCC(N5CCN(C(=O)OC(C)(C)C)CC5)CC4)cn3)nc2n(C2CCCC2)c1=O. The zero-order valence-electron chi connectivity index (χ0n) is 27.7. The van der Waals surface area contributed by atoms with Crippen LogP contribution in [0, 0.1) is 6.92 Å². The summed E-state index contributed by atoms with van der Waals surface area (Å²) in [6, 6.07) is 4.53. The summed E-state index contributed by atoms with van der Waals surface area (Å²) < 4.78 is 7.27. The molecule has 6 rings (SSSR count). The molecule has 0 spiro atoms. The first-order valence-corrected chi connectivity index (χ1v) is 16.6. The number of piperazine rings is 1. The first-order valence-electron chi connectivity index (χ1n) is 16.6. The van der Waals surface area contributed by atoms with Gasteiger partial charge in [0.1, 0.15) is 17.1 Å². The van der Waals surface area contributed by atoms with Crippen molar-refractivity contribution < 1.29 is 14.3 Å². The maximum atomic E-state index is 13.5.